The first-order valence-electron chi connectivity index (χ1n) is 15.4. The van der Waals surface area contributed by atoms with E-state index in [4.69, 9.17) is 4.74 Å². The van der Waals surface area contributed by atoms with E-state index in [-0.39, 0.29) is 24.4 Å². The van der Waals surface area contributed by atoms with Crippen LogP contribution in [-0.2, 0) is 16.0 Å². The predicted molar refractivity (Wildman–Crippen MR) is 161 cm³/mol. The molecule has 0 radical (unpaired) electrons. The van der Waals surface area contributed by atoms with Crippen LogP contribution in [0.3, 0.4) is 0 Å². The van der Waals surface area contributed by atoms with E-state index in [1.165, 1.54) is 0 Å². The van der Waals surface area contributed by atoms with Gasteiger partial charge in [-0.25, -0.2) is 0 Å². The number of ether oxygens (including phenoxy) is 1. The molecule has 8 nitrogen and oxygen atoms in total. The SMILES string of the molecule is C=CCCCN(CCCC)C(=O)CN1C[C@H](c2ccc3c(c2)CCO3)[C@@H](C(=O)O)[C@@H]1CCN1CCC(=C)CC1(C)O. The highest BCUT2D eigenvalue weighted by Crippen LogP contribution is 2.41. The molecule has 3 heterocycles. The van der Waals surface area contributed by atoms with Gasteiger partial charge in [-0.15, -0.1) is 6.58 Å². The lowest BCUT2D eigenvalue weighted by Gasteiger charge is -2.42. The van der Waals surface area contributed by atoms with Crippen LogP contribution in [0.2, 0.25) is 0 Å². The van der Waals surface area contributed by atoms with Crippen molar-refractivity contribution >= 4 is 11.9 Å². The van der Waals surface area contributed by atoms with E-state index in [1.54, 1.807) is 0 Å². The Morgan fingerprint density at radius 2 is 2.02 bits per heavy atom. The van der Waals surface area contributed by atoms with Gasteiger partial charge in [-0.05, 0) is 56.2 Å². The molecular formula is C33H49N3O5. The molecule has 4 atom stereocenters. The Bertz CT molecular complexity index is 1100. The van der Waals surface area contributed by atoms with E-state index >= 15 is 0 Å². The summed E-state index contributed by atoms with van der Waals surface area (Å²) in [7, 11) is 0. The summed E-state index contributed by atoms with van der Waals surface area (Å²) in [6, 6.07) is 5.74. The third-order valence-corrected chi connectivity index (χ3v) is 9.18. The fourth-order valence-corrected chi connectivity index (χ4v) is 6.89. The Balaban J connectivity index is 1.58. The average Bonchev–Trinajstić information content (AvgIpc) is 3.53. The van der Waals surface area contributed by atoms with E-state index in [1.807, 2.05) is 34.9 Å². The van der Waals surface area contributed by atoms with Crippen LogP contribution in [0.1, 0.15) is 75.8 Å². The zero-order valence-corrected chi connectivity index (χ0v) is 25.0. The summed E-state index contributed by atoms with van der Waals surface area (Å²) in [6.45, 7) is 15.8. The smallest absolute Gasteiger partial charge is 0.308 e. The summed E-state index contributed by atoms with van der Waals surface area (Å²) < 4.78 is 5.70. The number of aliphatic hydroxyl groups is 1. The van der Waals surface area contributed by atoms with Crippen LogP contribution in [-0.4, -0.2) is 94.4 Å². The van der Waals surface area contributed by atoms with Crippen LogP contribution in [0.5, 0.6) is 5.75 Å². The Kier molecular flexibility index (Phi) is 10.7. The van der Waals surface area contributed by atoms with Crippen LogP contribution < -0.4 is 4.74 Å². The summed E-state index contributed by atoms with van der Waals surface area (Å²) in [5.74, 6) is -0.789. The van der Waals surface area contributed by atoms with Crippen LogP contribution >= 0.6 is 0 Å². The van der Waals surface area contributed by atoms with Gasteiger partial charge in [-0.2, -0.15) is 0 Å². The van der Waals surface area contributed by atoms with E-state index in [2.05, 4.69) is 31.0 Å². The van der Waals surface area contributed by atoms with Crippen molar-refractivity contribution in [3.8, 4) is 5.75 Å². The lowest BCUT2D eigenvalue weighted by Crippen LogP contribution is -2.52. The fourth-order valence-electron chi connectivity index (χ4n) is 6.89. The van der Waals surface area contributed by atoms with Crippen LogP contribution in [0.25, 0.3) is 0 Å². The van der Waals surface area contributed by atoms with Gasteiger partial charge in [0.2, 0.25) is 5.91 Å². The Labute approximate surface area is 245 Å². The third kappa shape index (κ3) is 7.59. The molecule has 1 unspecified atom stereocenters. The molecule has 2 N–H and O–H groups in total. The maximum absolute atomic E-state index is 13.7. The summed E-state index contributed by atoms with van der Waals surface area (Å²) in [6.07, 6.45) is 8.27. The van der Waals surface area contributed by atoms with Crippen LogP contribution in [0.4, 0.5) is 0 Å². The quantitative estimate of drug-likeness (QED) is 0.254. The molecule has 3 aliphatic heterocycles. The number of likely N-dealkylation sites (tertiary alicyclic amines) is 2. The van der Waals surface area contributed by atoms with Gasteiger partial charge in [-0.3, -0.25) is 19.4 Å². The third-order valence-electron chi connectivity index (χ3n) is 9.18. The maximum Gasteiger partial charge on any atom is 0.308 e. The molecule has 0 aliphatic carbocycles. The first-order valence-corrected chi connectivity index (χ1v) is 15.4. The van der Waals surface area contributed by atoms with Crippen molar-refractivity contribution in [3.05, 3.63) is 54.1 Å². The predicted octanol–water partition coefficient (Wildman–Crippen LogP) is 4.44. The number of unbranched alkanes of at least 4 members (excludes halogenated alkanes) is 2. The molecule has 226 valence electrons. The number of benzene rings is 1. The first-order chi connectivity index (χ1) is 19.6. The highest BCUT2D eigenvalue weighted by Gasteiger charge is 2.48. The highest BCUT2D eigenvalue weighted by molar-refractivity contribution is 5.79. The van der Waals surface area contributed by atoms with E-state index in [0.717, 1.165) is 61.0 Å². The molecular weight excluding hydrogens is 518 g/mol. The Hall–Kier alpha value is -2.68. The van der Waals surface area contributed by atoms with Crippen molar-refractivity contribution in [2.75, 3.05) is 45.9 Å². The number of carboxylic acid groups (broad SMARTS) is 1. The van der Waals surface area contributed by atoms with E-state index in [9.17, 15) is 19.8 Å². The summed E-state index contributed by atoms with van der Waals surface area (Å²) in [4.78, 5) is 32.7. The van der Waals surface area contributed by atoms with E-state index in [0.29, 0.717) is 52.2 Å². The molecule has 0 bridgehead atoms. The number of carboxylic acids is 1. The normalized spacial score (nSPS) is 26.5. The average molecular weight is 568 g/mol. The van der Waals surface area contributed by atoms with Crippen LogP contribution in [0.15, 0.2) is 43.0 Å². The number of piperidine rings is 1. The van der Waals surface area contributed by atoms with Crippen molar-refractivity contribution in [1.29, 1.82) is 0 Å². The largest absolute Gasteiger partial charge is 0.493 e. The number of hydrogen-bond donors (Lipinski definition) is 2. The number of fused-ring (bicyclic) bond motifs is 1. The molecule has 0 aromatic heterocycles. The lowest BCUT2D eigenvalue weighted by atomic mass is 9.83. The van der Waals surface area contributed by atoms with Crippen molar-refractivity contribution in [3.63, 3.8) is 0 Å². The molecule has 3 aliphatic rings. The zero-order chi connectivity index (χ0) is 29.6. The highest BCUT2D eigenvalue weighted by atomic mass is 16.5. The van der Waals surface area contributed by atoms with Gasteiger partial charge >= 0.3 is 5.97 Å². The van der Waals surface area contributed by atoms with Crippen molar-refractivity contribution in [1.82, 2.24) is 14.7 Å². The van der Waals surface area contributed by atoms with Gasteiger partial charge in [0.15, 0.2) is 0 Å². The molecule has 0 saturated carbocycles. The minimum Gasteiger partial charge on any atom is -0.493 e. The number of aliphatic carboxylic acids is 1. The molecule has 1 aromatic carbocycles. The molecule has 2 saturated heterocycles. The molecule has 4 rings (SSSR count). The van der Waals surface area contributed by atoms with Gasteiger partial charge in [0.05, 0.1) is 19.1 Å². The second kappa shape index (κ2) is 14.0. The zero-order valence-electron chi connectivity index (χ0n) is 25.0. The number of allylic oxidation sites excluding steroid dienone is 1. The minimum absolute atomic E-state index is 0.0564. The van der Waals surface area contributed by atoms with Gasteiger partial charge < -0.3 is 19.8 Å². The molecule has 0 spiro atoms. The summed E-state index contributed by atoms with van der Waals surface area (Å²) >= 11 is 0. The van der Waals surface area contributed by atoms with Gasteiger partial charge in [0.25, 0.3) is 0 Å². The molecule has 2 fully saturated rings. The minimum atomic E-state index is -1.01. The fraction of sp³-hybridized carbons (Fsp3) is 0.636. The monoisotopic (exact) mass is 567 g/mol. The second-order valence-electron chi connectivity index (χ2n) is 12.3. The molecule has 1 amide bonds. The van der Waals surface area contributed by atoms with Crippen molar-refractivity contribution < 1.29 is 24.5 Å². The number of amides is 1. The number of rotatable bonds is 14. The lowest BCUT2D eigenvalue weighted by molar-refractivity contribution is -0.144. The van der Waals surface area contributed by atoms with Gasteiger partial charge in [0, 0.05) is 57.5 Å². The van der Waals surface area contributed by atoms with Gasteiger partial charge in [-0.1, -0.05) is 43.7 Å². The summed E-state index contributed by atoms with van der Waals surface area (Å²) in [5, 5.41) is 21.7. The topological polar surface area (TPSA) is 93.5 Å². The Morgan fingerprint density at radius 3 is 2.73 bits per heavy atom. The number of carbonyl (C=O) groups excluding carboxylic acids is 1. The number of hydrogen-bond acceptors (Lipinski definition) is 6. The molecule has 1 aromatic rings. The first kappa shape index (κ1) is 31.3. The molecule has 8 heteroatoms. The standard InChI is InChI=1S/C33H49N3O5/c1-5-7-9-16-34(15-8-6-2)30(37)23-35-22-27(25-10-11-29-26(20-25)14-19-41-29)31(32(38)39)28(35)13-18-36-17-12-24(3)21-33(36,4)40/h5,10-11,20,27-28,31,40H,1,3,6-9,12-19,21-23H2,2,4H3,(H,38,39)/t27-,28+,31-,33?/m1/s1. The summed E-state index contributed by atoms with van der Waals surface area (Å²) in [5.41, 5.74) is 2.15. The van der Waals surface area contributed by atoms with Crippen LogP contribution in [0, 0.1) is 5.92 Å². The number of carbonyl (C=O) groups is 2. The number of nitrogens with zero attached hydrogens (tertiary/aromatic N) is 3. The maximum atomic E-state index is 13.7. The van der Waals surface area contributed by atoms with Gasteiger partial charge in [0.1, 0.15) is 11.5 Å². The van der Waals surface area contributed by atoms with Crippen molar-refractivity contribution in [2.24, 2.45) is 5.92 Å². The second-order valence-corrected chi connectivity index (χ2v) is 12.3. The molecule has 41 heavy (non-hydrogen) atoms. The van der Waals surface area contributed by atoms with Crippen molar-refractivity contribution in [2.45, 2.75) is 82.9 Å². The van der Waals surface area contributed by atoms with E-state index < -0.39 is 17.6 Å². The Morgan fingerprint density at radius 1 is 1.24 bits per heavy atom.